The Balaban J connectivity index is 1.36. The number of hydrogen-bond donors (Lipinski definition) is 1. The molecule has 2 aromatic rings. The van der Waals surface area contributed by atoms with Crippen LogP contribution in [0.3, 0.4) is 0 Å². The molecule has 7 nitrogen and oxygen atoms in total. The number of nitrogens with zero attached hydrogens (tertiary/aromatic N) is 6. The first-order valence-electron chi connectivity index (χ1n) is 10.3. The number of aryl methyl sites for hydroxylation is 3. The summed E-state index contributed by atoms with van der Waals surface area (Å²) in [6.45, 7) is 6.99. The summed E-state index contributed by atoms with van der Waals surface area (Å²) in [5.74, 6) is 2.83. The lowest BCUT2D eigenvalue weighted by Crippen LogP contribution is -2.40. The van der Waals surface area contributed by atoms with Crippen LogP contribution in [0.4, 0.5) is 0 Å². The Morgan fingerprint density at radius 1 is 1.30 bits per heavy atom. The van der Waals surface area contributed by atoms with Gasteiger partial charge in [0.15, 0.2) is 5.96 Å². The van der Waals surface area contributed by atoms with Crippen molar-refractivity contribution in [1.82, 2.24) is 29.5 Å². The molecule has 0 saturated carbocycles. The largest absolute Gasteiger partial charge is 0.357 e. The third-order valence-corrected chi connectivity index (χ3v) is 5.61. The zero-order valence-corrected chi connectivity index (χ0v) is 16.6. The molecule has 0 spiro atoms. The van der Waals surface area contributed by atoms with Gasteiger partial charge in [-0.2, -0.15) is 5.10 Å². The average Bonchev–Trinajstić information content (AvgIpc) is 3.39. The second-order valence-corrected chi connectivity index (χ2v) is 7.66. The highest BCUT2D eigenvalue weighted by Gasteiger charge is 2.26. The Morgan fingerprint density at radius 2 is 2.22 bits per heavy atom. The van der Waals surface area contributed by atoms with Crippen molar-refractivity contribution in [3.05, 3.63) is 35.7 Å². The summed E-state index contributed by atoms with van der Waals surface area (Å²) in [4.78, 5) is 12.1. The lowest BCUT2D eigenvalue weighted by molar-refractivity contribution is 0.486. The molecule has 146 valence electrons. The van der Waals surface area contributed by atoms with Crippen LogP contribution >= 0.6 is 0 Å². The third kappa shape index (κ3) is 4.17. The predicted molar refractivity (Wildman–Crippen MR) is 107 cm³/mol. The minimum Gasteiger partial charge on any atom is -0.357 e. The van der Waals surface area contributed by atoms with Gasteiger partial charge in [0.1, 0.15) is 5.82 Å². The fraction of sp³-hybridized carbons (Fsp3) is 0.650. The molecule has 0 amide bonds. The first-order valence-corrected chi connectivity index (χ1v) is 10.3. The maximum atomic E-state index is 4.89. The van der Waals surface area contributed by atoms with Crippen LogP contribution in [0.2, 0.25) is 0 Å². The second kappa shape index (κ2) is 8.15. The average molecular weight is 370 g/mol. The third-order valence-electron chi connectivity index (χ3n) is 5.61. The second-order valence-electron chi connectivity index (χ2n) is 7.66. The number of nitrogens with one attached hydrogen (secondary N) is 1. The van der Waals surface area contributed by atoms with E-state index in [0.29, 0.717) is 5.92 Å². The molecular formula is C20H31N7. The van der Waals surface area contributed by atoms with Crippen molar-refractivity contribution in [1.29, 1.82) is 0 Å². The van der Waals surface area contributed by atoms with Crippen molar-refractivity contribution >= 4 is 5.96 Å². The highest BCUT2D eigenvalue weighted by atomic mass is 15.3. The Morgan fingerprint density at radius 3 is 3.00 bits per heavy atom. The Kier molecular flexibility index (Phi) is 5.45. The van der Waals surface area contributed by atoms with E-state index in [1.807, 2.05) is 17.9 Å². The Bertz CT molecular complexity index is 765. The van der Waals surface area contributed by atoms with Gasteiger partial charge in [0, 0.05) is 70.9 Å². The van der Waals surface area contributed by atoms with Crippen molar-refractivity contribution in [2.24, 2.45) is 12.0 Å². The van der Waals surface area contributed by atoms with Crippen LogP contribution < -0.4 is 5.32 Å². The van der Waals surface area contributed by atoms with E-state index in [9.17, 15) is 0 Å². The molecule has 27 heavy (non-hydrogen) atoms. The smallest absolute Gasteiger partial charge is 0.193 e. The predicted octanol–water partition coefficient (Wildman–Crippen LogP) is 1.95. The van der Waals surface area contributed by atoms with Gasteiger partial charge in [0.05, 0.1) is 11.9 Å². The number of guanidine groups is 1. The minimum absolute atomic E-state index is 0.544. The van der Waals surface area contributed by atoms with Gasteiger partial charge >= 0.3 is 0 Å². The van der Waals surface area contributed by atoms with E-state index < -0.39 is 0 Å². The molecule has 2 aliphatic heterocycles. The lowest BCUT2D eigenvalue weighted by atomic mass is 10.0. The van der Waals surface area contributed by atoms with Gasteiger partial charge < -0.3 is 14.8 Å². The maximum Gasteiger partial charge on any atom is 0.193 e. The number of likely N-dealkylation sites (tertiary alicyclic amines) is 1. The van der Waals surface area contributed by atoms with Crippen molar-refractivity contribution < 1.29 is 0 Å². The summed E-state index contributed by atoms with van der Waals surface area (Å²) in [5, 5.41) is 7.79. The molecule has 1 fully saturated rings. The number of aliphatic imine (C=N–C) groups is 1. The lowest BCUT2D eigenvalue weighted by Gasteiger charge is -2.21. The summed E-state index contributed by atoms with van der Waals surface area (Å²) in [5.41, 5.74) is 2.51. The van der Waals surface area contributed by atoms with Crippen LogP contribution in [-0.4, -0.2) is 56.4 Å². The molecule has 0 bridgehead atoms. The summed E-state index contributed by atoms with van der Waals surface area (Å²) in [7, 11) is 1.98. The van der Waals surface area contributed by atoms with Crippen molar-refractivity contribution in [3.8, 4) is 0 Å². The number of aromatic nitrogens is 4. The highest BCUT2D eigenvalue weighted by molar-refractivity contribution is 5.80. The van der Waals surface area contributed by atoms with Gasteiger partial charge in [0.2, 0.25) is 0 Å². The summed E-state index contributed by atoms with van der Waals surface area (Å²) in [6, 6.07) is 0. The van der Waals surface area contributed by atoms with Crippen LogP contribution in [-0.2, 0) is 26.4 Å². The van der Waals surface area contributed by atoms with Crippen LogP contribution in [0.15, 0.2) is 23.6 Å². The molecule has 1 saturated heterocycles. The molecular weight excluding hydrogens is 338 g/mol. The van der Waals surface area contributed by atoms with Gasteiger partial charge in [0.25, 0.3) is 0 Å². The van der Waals surface area contributed by atoms with Crippen LogP contribution in [0, 0.1) is 0 Å². The standard InChI is InChI=1S/C20H31N7/c1-3-21-20(27-11-8-16(14-27)17-12-23-25(2)13-17)22-9-7-18-15-26-10-5-4-6-19(26)24-18/h12-13,15-16H,3-11,14H2,1-2H3,(H,21,22). The van der Waals surface area contributed by atoms with Gasteiger partial charge in [-0.05, 0) is 31.7 Å². The van der Waals surface area contributed by atoms with Crippen LogP contribution in [0.5, 0.6) is 0 Å². The number of fused-ring (bicyclic) bond motifs is 1. The fourth-order valence-corrected chi connectivity index (χ4v) is 4.17. The van der Waals surface area contributed by atoms with Gasteiger partial charge in [-0.3, -0.25) is 9.67 Å². The van der Waals surface area contributed by atoms with Crippen LogP contribution in [0.1, 0.15) is 49.2 Å². The first kappa shape index (κ1) is 18.1. The van der Waals surface area contributed by atoms with E-state index in [1.165, 1.54) is 29.9 Å². The zero-order valence-electron chi connectivity index (χ0n) is 16.6. The molecule has 4 heterocycles. The summed E-state index contributed by atoms with van der Waals surface area (Å²) in [6.07, 6.45) is 12.1. The van der Waals surface area contributed by atoms with Crippen molar-refractivity contribution in [2.75, 3.05) is 26.2 Å². The Labute approximate surface area is 161 Å². The summed E-state index contributed by atoms with van der Waals surface area (Å²) >= 11 is 0. The van der Waals surface area contributed by atoms with E-state index in [-0.39, 0.29) is 0 Å². The monoisotopic (exact) mass is 369 g/mol. The van der Waals surface area contributed by atoms with Gasteiger partial charge in [-0.15, -0.1) is 0 Å². The van der Waals surface area contributed by atoms with Gasteiger partial charge in [-0.1, -0.05) is 0 Å². The minimum atomic E-state index is 0.544. The van der Waals surface area contributed by atoms with E-state index in [4.69, 9.17) is 9.98 Å². The molecule has 0 aliphatic carbocycles. The number of hydrogen-bond acceptors (Lipinski definition) is 3. The van der Waals surface area contributed by atoms with Crippen molar-refractivity contribution in [3.63, 3.8) is 0 Å². The first-order chi connectivity index (χ1) is 13.2. The maximum absolute atomic E-state index is 4.89. The molecule has 4 rings (SSSR count). The van der Waals surface area contributed by atoms with Crippen LogP contribution in [0.25, 0.3) is 0 Å². The number of rotatable bonds is 5. The zero-order chi connectivity index (χ0) is 18.6. The Hall–Kier alpha value is -2.31. The number of imidazole rings is 1. The van der Waals surface area contributed by atoms with E-state index in [1.54, 1.807) is 0 Å². The molecule has 7 heteroatoms. The van der Waals surface area contributed by atoms with E-state index in [0.717, 1.165) is 57.9 Å². The van der Waals surface area contributed by atoms with E-state index >= 15 is 0 Å². The van der Waals surface area contributed by atoms with Gasteiger partial charge in [-0.25, -0.2) is 4.98 Å². The topological polar surface area (TPSA) is 63.3 Å². The molecule has 2 aliphatic rings. The molecule has 0 aromatic carbocycles. The SMILES string of the molecule is CCNC(=NCCc1cn2c(n1)CCCC2)N1CCC(c2cnn(C)c2)C1. The molecule has 0 radical (unpaired) electrons. The summed E-state index contributed by atoms with van der Waals surface area (Å²) < 4.78 is 4.22. The quantitative estimate of drug-likeness (QED) is 0.646. The van der Waals surface area contributed by atoms with Crippen molar-refractivity contribution in [2.45, 2.75) is 51.5 Å². The normalized spacial score (nSPS) is 20.1. The molecule has 1 unspecified atom stereocenters. The highest BCUT2D eigenvalue weighted by Crippen LogP contribution is 2.26. The molecule has 2 aromatic heterocycles. The molecule has 1 N–H and O–H groups in total. The fourth-order valence-electron chi connectivity index (χ4n) is 4.17. The molecule has 1 atom stereocenters. The van der Waals surface area contributed by atoms with E-state index in [2.05, 4.69) is 39.2 Å².